The molecule has 0 aromatic heterocycles. The fourth-order valence-electron chi connectivity index (χ4n) is 2.30. The molecular weight excluding hydrogens is 264 g/mol. The minimum atomic E-state index is 0.652. The van der Waals surface area contributed by atoms with Gasteiger partial charge in [0.15, 0.2) is 11.5 Å². The topological polar surface area (TPSA) is 33.7 Å². The van der Waals surface area contributed by atoms with Crippen LogP contribution < -0.4 is 14.8 Å². The van der Waals surface area contributed by atoms with Crippen LogP contribution in [0.15, 0.2) is 18.2 Å². The van der Waals surface area contributed by atoms with Gasteiger partial charge in [0.2, 0.25) is 0 Å². The van der Waals surface area contributed by atoms with Crippen molar-refractivity contribution in [3.05, 3.63) is 23.8 Å². The van der Waals surface area contributed by atoms with Crippen molar-refractivity contribution in [2.75, 3.05) is 39.9 Å². The van der Waals surface area contributed by atoms with Crippen molar-refractivity contribution in [3.63, 3.8) is 0 Å². The van der Waals surface area contributed by atoms with Gasteiger partial charge in [-0.2, -0.15) is 0 Å². The van der Waals surface area contributed by atoms with Gasteiger partial charge in [0.25, 0.3) is 0 Å². The van der Waals surface area contributed by atoms with E-state index in [1.807, 2.05) is 19.1 Å². The Morgan fingerprint density at radius 2 is 1.86 bits per heavy atom. The Bertz CT molecular complexity index is 392. The molecule has 0 spiro atoms. The predicted molar refractivity (Wildman–Crippen MR) is 88.3 cm³/mol. The number of methoxy groups -OCH3 is 1. The van der Waals surface area contributed by atoms with E-state index in [9.17, 15) is 0 Å². The lowest BCUT2D eigenvalue weighted by Crippen LogP contribution is -2.27. The van der Waals surface area contributed by atoms with E-state index in [1.54, 1.807) is 7.11 Å². The summed E-state index contributed by atoms with van der Waals surface area (Å²) in [5, 5.41) is 3.48. The van der Waals surface area contributed by atoms with E-state index < -0.39 is 0 Å². The first kappa shape index (κ1) is 17.8. The van der Waals surface area contributed by atoms with Gasteiger partial charge in [-0.3, -0.25) is 0 Å². The van der Waals surface area contributed by atoms with E-state index in [2.05, 4.69) is 30.1 Å². The molecule has 21 heavy (non-hydrogen) atoms. The summed E-state index contributed by atoms with van der Waals surface area (Å²) >= 11 is 0. The minimum Gasteiger partial charge on any atom is -0.493 e. The number of benzene rings is 1. The van der Waals surface area contributed by atoms with Crippen molar-refractivity contribution in [2.24, 2.45) is 0 Å². The van der Waals surface area contributed by atoms with Gasteiger partial charge in [-0.05, 0) is 57.2 Å². The molecule has 1 N–H and O–H groups in total. The Kier molecular flexibility index (Phi) is 8.87. The molecular formula is C17H30N2O2. The van der Waals surface area contributed by atoms with Crippen LogP contribution in [-0.4, -0.2) is 44.8 Å². The highest BCUT2D eigenvalue weighted by Gasteiger charge is 2.05. The molecule has 4 nitrogen and oxygen atoms in total. The Balaban J connectivity index is 2.35. The third-order valence-corrected chi connectivity index (χ3v) is 3.58. The van der Waals surface area contributed by atoms with Crippen LogP contribution in [0.5, 0.6) is 11.5 Å². The molecule has 1 rings (SSSR count). The lowest BCUT2D eigenvalue weighted by Gasteiger charge is -2.17. The number of rotatable bonds is 11. The van der Waals surface area contributed by atoms with Crippen molar-refractivity contribution >= 4 is 0 Å². The second-order valence-electron chi connectivity index (χ2n) is 4.98. The van der Waals surface area contributed by atoms with Crippen molar-refractivity contribution in [2.45, 2.75) is 33.7 Å². The molecule has 4 heteroatoms. The summed E-state index contributed by atoms with van der Waals surface area (Å²) in [6.45, 7) is 12.4. The monoisotopic (exact) mass is 294 g/mol. The van der Waals surface area contributed by atoms with Crippen LogP contribution in [0, 0.1) is 0 Å². The lowest BCUT2D eigenvalue weighted by molar-refractivity contribution is 0.298. The number of ether oxygens (including phenoxy) is 2. The number of hydrogen-bond acceptors (Lipinski definition) is 4. The average molecular weight is 294 g/mol. The predicted octanol–water partition coefficient (Wildman–Crippen LogP) is 2.92. The molecule has 0 saturated heterocycles. The number of nitrogens with zero attached hydrogens (tertiary/aromatic N) is 1. The van der Waals surface area contributed by atoms with E-state index in [-0.39, 0.29) is 0 Å². The maximum atomic E-state index is 5.53. The molecule has 1 aromatic rings. The van der Waals surface area contributed by atoms with E-state index in [0.717, 1.165) is 44.2 Å². The summed E-state index contributed by atoms with van der Waals surface area (Å²) in [5.41, 5.74) is 1.22. The largest absolute Gasteiger partial charge is 0.493 e. The lowest BCUT2D eigenvalue weighted by atomic mass is 10.2. The molecule has 0 unspecified atom stereocenters. The Labute approximate surface area is 129 Å². The quantitative estimate of drug-likeness (QED) is 0.636. The molecule has 0 aliphatic heterocycles. The van der Waals surface area contributed by atoms with Crippen molar-refractivity contribution < 1.29 is 9.47 Å². The maximum absolute atomic E-state index is 5.53. The smallest absolute Gasteiger partial charge is 0.161 e. The first-order chi connectivity index (χ1) is 10.2. The van der Waals surface area contributed by atoms with Gasteiger partial charge in [0, 0.05) is 6.54 Å². The molecule has 0 aliphatic rings. The maximum Gasteiger partial charge on any atom is 0.161 e. The summed E-state index contributed by atoms with van der Waals surface area (Å²) in [6, 6.07) is 6.11. The minimum absolute atomic E-state index is 0.652. The fourth-order valence-corrected chi connectivity index (χ4v) is 2.30. The first-order valence-corrected chi connectivity index (χ1v) is 7.97. The number of hydrogen-bond donors (Lipinski definition) is 1. The summed E-state index contributed by atoms with van der Waals surface area (Å²) < 4.78 is 10.9. The summed E-state index contributed by atoms with van der Waals surface area (Å²) in [5.74, 6) is 1.62. The Morgan fingerprint density at radius 3 is 2.48 bits per heavy atom. The molecule has 120 valence electrons. The SMILES string of the molecule is CCOc1ccc(CNCCCN(CC)CC)cc1OC. The highest BCUT2D eigenvalue weighted by atomic mass is 16.5. The van der Waals surface area contributed by atoms with Crippen LogP contribution >= 0.6 is 0 Å². The van der Waals surface area contributed by atoms with Gasteiger partial charge >= 0.3 is 0 Å². The molecule has 0 saturated carbocycles. The zero-order valence-corrected chi connectivity index (χ0v) is 13.9. The zero-order valence-electron chi connectivity index (χ0n) is 13.9. The summed E-state index contributed by atoms with van der Waals surface area (Å²) in [6.07, 6.45) is 1.18. The van der Waals surface area contributed by atoms with Crippen LogP contribution in [0.25, 0.3) is 0 Å². The summed E-state index contributed by atoms with van der Waals surface area (Å²) in [7, 11) is 1.68. The molecule has 0 amide bonds. The van der Waals surface area contributed by atoms with Crippen molar-refractivity contribution in [3.8, 4) is 11.5 Å². The third kappa shape index (κ3) is 6.36. The van der Waals surface area contributed by atoms with Crippen LogP contribution in [0.1, 0.15) is 32.8 Å². The van der Waals surface area contributed by atoms with Gasteiger partial charge in [0.05, 0.1) is 13.7 Å². The molecule has 0 radical (unpaired) electrons. The highest BCUT2D eigenvalue weighted by molar-refractivity contribution is 5.42. The van der Waals surface area contributed by atoms with Crippen LogP contribution in [-0.2, 0) is 6.54 Å². The molecule has 0 fully saturated rings. The van der Waals surface area contributed by atoms with E-state index >= 15 is 0 Å². The van der Waals surface area contributed by atoms with Gasteiger partial charge in [-0.1, -0.05) is 19.9 Å². The molecule has 0 bridgehead atoms. The Hall–Kier alpha value is -1.26. The standard InChI is InChI=1S/C17H30N2O2/c1-5-19(6-2)12-8-11-18-14-15-9-10-16(21-7-3)17(13-15)20-4/h9-10,13,18H,5-8,11-12,14H2,1-4H3. The van der Waals surface area contributed by atoms with Crippen LogP contribution in [0.4, 0.5) is 0 Å². The number of nitrogens with one attached hydrogen (secondary N) is 1. The first-order valence-electron chi connectivity index (χ1n) is 7.97. The van der Waals surface area contributed by atoms with Gasteiger partial charge in [-0.25, -0.2) is 0 Å². The average Bonchev–Trinajstić information content (AvgIpc) is 2.52. The molecule has 0 heterocycles. The van der Waals surface area contributed by atoms with Crippen molar-refractivity contribution in [1.29, 1.82) is 0 Å². The van der Waals surface area contributed by atoms with Crippen LogP contribution in [0.2, 0.25) is 0 Å². The van der Waals surface area contributed by atoms with Crippen molar-refractivity contribution in [1.82, 2.24) is 10.2 Å². The second kappa shape index (κ2) is 10.5. The zero-order chi connectivity index (χ0) is 15.5. The normalized spacial score (nSPS) is 10.9. The molecule has 0 aliphatic carbocycles. The molecule has 0 atom stereocenters. The van der Waals surface area contributed by atoms with Crippen LogP contribution in [0.3, 0.4) is 0 Å². The third-order valence-electron chi connectivity index (χ3n) is 3.58. The highest BCUT2D eigenvalue weighted by Crippen LogP contribution is 2.27. The van der Waals surface area contributed by atoms with E-state index in [0.29, 0.717) is 6.61 Å². The van der Waals surface area contributed by atoms with Gasteiger partial charge in [0.1, 0.15) is 0 Å². The van der Waals surface area contributed by atoms with Gasteiger partial charge in [-0.15, -0.1) is 0 Å². The molecule has 1 aromatic carbocycles. The summed E-state index contributed by atoms with van der Waals surface area (Å²) in [4.78, 5) is 2.45. The Morgan fingerprint density at radius 1 is 1.10 bits per heavy atom. The van der Waals surface area contributed by atoms with E-state index in [1.165, 1.54) is 12.0 Å². The fraction of sp³-hybridized carbons (Fsp3) is 0.647. The van der Waals surface area contributed by atoms with E-state index in [4.69, 9.17) is 9.47 Å². The second-order valence-corrected chi connectivity index (χ2v) is 4.98. The van der Waals surface area contributed by atoms with Gasteiger partial charge < -0.3 is 19.7 Å².